The van der Waals surface area contributed by atoms with Crippen LogP contribution < -0.4 is 5.73 Å². The van der Waals surface area contributed by atoms with Crippen molar-refractivity contribution in [2.45, 2.75) is 65.7 Å². The highest BCUT2D eigenvalue weighted by Crippen LogP contribution is 2.35. The summed E-state index contributed by atoms with van der Waals surface area (Å²) in [5, 5.41) is 9.57. The summed E-state index contributed by atoms with van der Waals surface area (Å²) in [7, 11) is 0. The van der Waals surface area contributed by atoms with Crippen molar-refractivity contribution < 1.29 is 9.90 Å². The lowest BCUT2D eigenvalue weighted by Gasteiger charge is -2.30. The second-order valence-electron chi connectivity index (χ2n) is 7.05. The number of nitrogens with two attached hydrogens (primary N) is 1. The van der Waals surface area contributed by atoms with Crippen molar-refractivity contribution in [3.05, 3.63) is 29.3 Å². The van der Waals surface area contributed by atoms with E-state index in [1.165, 1.54) is 11.1 Å². The molecule has 0 saturated heterocycles. The molecule has 1 aromatic rings. The summed E-state index contributed by atoms with van der Waals surface area (Å²) in [6.45, 7) is 14.9. The molecule has 0 atom stereocenters. The van der Waals surface area contributed by atoms with E-state index < -0.39 is 0 Å². The topological polar surface area (TPSA) is 63.3 Å². The molecule has 0 aliphatic carbocycles. The average molecular weight is 279 g/mol. The van der Waals surface area contributed by atoms with Crippen molar-refractivity contribution in [2.24, 2.45) is 5.73 Å². The van der Waals surface area contributed by atoms with Crippen LogP contribution in [0.1, 0.15) is 66.0 Å². The van der Waals surface area contributed by atoms with E-state index in [9.17, 15) is 9.90 Å². The Kier molecular flexibility index (Phi) is 6.27. The summed E-state index contributed by atoms with van der Waals surface area (Å²) in [6, 6.07) is 5.70. The number of rotatable bonds is 1. The summed E-state index contributed by atoms with van der Waals surface area (Å²) >= 11 is 0. The van der Waals surface area contributed by atoms with Gasteiger partial charge in [-0.05, 0) is 34.1 Å². The largest absolute Gasteiger partial charge is 0.508 e. The van der Waals surface area contributed by atoms with Crippen LogP contribution in [0, 0.1) is 0 Å². The van der Waals surface area contributed by atoms with Gasteiger partial charge in [-0.3, -0.25) is 4.79 Å². The molecule has 1 aromatic carbocycles. The van der Waals surface area contributed by atoms with E-state index in [4.69, 9.17) is 0 Å². The van der Waals surface area contributed by atoms with Gasteiger partial charge in [0.1, 0.15) is 5.75 Å². The molecule has 0 aliphatic rings. The minimum Gasteiger partial charge on any atom is -0.508 e. The van der Waals surface area contributed by atoms with E-state index in [1.807, 2.05) is 12.1 Å². The Balaban J connectivity index is 0.000000621. The summed E-state index contributed by atoms with van der Waals surface area (Å²) < 4.78 is 0. The molecule has 0 fully saturated rings. The fourth-order valence-electron chi connectivity index (χ4n) is 1.81. The maximum Gasteiger partial charge on any atom is 0.217 e. The third-order valence-electron chi connectivity index (χ3n) is 2.97. The number of benzene rings is 1. The van der Waals surface area contributed by atoms with Crippen molar-refractivity contribution in [3.8, 4) is 5.75 Å². The summed E-state index contributed by atoms with van der Waals surface area (Å²) in [4.78, 5) is 9.59. The quantitative estimate of drug-likeness (QED) is 0.819. The van der Waals surface area contributed by atoms with E-state index in [0.29, 0.717) is 12.2 Å². The first-order valence-corrected chi connectivity index (χ1v) is 7.02. The second-order valence-corrected chi connectivity index (χ2v) is 7.05. The lowest BCUT2D eigenvalue weighted by atomic mass is 9.75. The molecular formula is C17H29NO2. The van der Waals surface area contributed by atoms with E-state index >= 15 is 0 Å². The van der Waals surface area contributed by atoms with Crippen LogP contribution in [0.15, 0.2) is 18.2 Å². The van der Waals surface area contributed by atoms with Crippen molar-refractivity contribution >= 4 is 5.91 Å². The first-order chi connectivity index (χ1) is 8.89. The number of aromatic hydroxyl groups is 1. The van der Waals surface area contributed by atoms with Gasteiger partial charge in [0.25, 0.3) is 0 Å². The Morgan fingerprint density at radius 1 is 1.05 bits per heavy atom. The van der Waals surface area contributed by atoms with E-state index in [2.05, 4.69) is 47.3 Å². The molecule has 0 spiro atoms. The fraction of sp³-hybridized carbons (Fsp3) is 0.588. The van der Waals surface area contributed by atoms with Gasteiger partial charge in [-0.25, -0.2) is 0 Å². The zero-order valence-corrected chi connectivity index (χ0v) is 13.9. The monoisotopic (exact) mass is 279 g/mol. The Bertz CT molecular complexity index is 451. The predicted molar refractivity (Wildman–Crippen MR) is 85.0 cm³/mol. The summed E-state index contributed by atoms with van der Waals surface area (Å²) in [6.07, 6.45) is 0.444. The molecule has 0 unspecified atom stereocenters. The number of amides is 1. The number of hydrogen-bond donors (Lipinski definition) is 2. The maximum atomic E-state index is 9.59. The normalized spacial score (nSPS) is 11.6. The molecule has 1 amide bonds. The van der Waals surface area contributed by atoms with Crippen LogP contribution in [0.25, 0.3) is 0 Å². The molecule has 0 radical (unpaired) electrons. The predicted octanol–water partition coefficient (Wildman–Crippen LogP) is 3.87. The second kappa shape index (κ2) is 6.78. The van der Waals surface area contributed by atoms with Gasteiger partial charge >= 0.3 is 0 Å². The summed E-state index contributed by atoms with van der Waals surface area (Å²) in [5.74, 6) is 0.109. The summed E-state index contributed by atoms with van der Waals surface area (Å²) in [5.41, 5.74) is 7.39. The van der Waals surface area contributed by atoms with Crippen molar-refractivity contribution in [1.82, 2.24) is 0 Å². The van der Waals surface area contributed by atoms with Crippen LogP contribution in [0.4, 0.5) is 0 Å². The zero-order chi connectivity index (χ0) is 16.1. The van der Waals surface area contributed by atoms with Gasteiger partial charge in [-0.2, -0.15) is 0 Å². The van der Waals surface area contributed by atoms with E-state index in [1.54, 1.807) is 13.0 Å². The highest BCUT2D eigenvalue weighted by Gasteiger charge is 2.24. The molecule has 3 nitrogen and oxygen atoms in total. The Hall–Kier alpha value is -1.51. The molecule has 3 N–H and O–H groups in total. The molecule has 114 valence electrons. The number of hydrogen-bond acceptors (Lipinski definition) is 2. The Morgan fingerprint density at radius 3 is 1.75 bits per heavy atom. The minimum absolute atomic E-state index is 0.0708. The third-order valence-corrected chi connectivity index (χ3v) is 2.97. The van der Waals surface area contributed by atoms with Crippen LogP contribution >= 0.6 is 0 Å². The molecule has 0 heterocycles. The van der Waals surface area contributed by atoms with Gasteiger partial charge in [-0.15, -0.1) is 0 Å². The number of phenolic OH excluding ortho intramolecular Hbond substituents is 1. The standard InChI is InChI=1S/C14H22O.C3H7NO/c1-13(2,3)11-8-7-10(15)9-12(11)14(4,5)6;1-2-3(4)5/h7-9,15H,1-6H3;2H2,1H3,(H2,4,5). The lowest BCUT2D eigenvalue weighted by Crippen LogP contribution is -2.21. The van der Waals surface area contributed by atoms with Crippen LogP contribution in [0.5, 0.6) is 5.75 Å². The fourth-order valence-corrected chi connectivity index (χ4v) is 1.81. The lowest BCUT2D eigenvalue weighted by molar-refractivity contribution is -0.117. The van der Waals surface area contributed by atoms with Crippen molar-refractivity contribution in [3.63, 3.8) is 0 Å². The minimum atomic E-state index is -0.245. The Labute approximate surface area is 123 Å². The van der Waals surface area contributed by atoms with Gasteiger partial charge in [0, 0.05) is 6.42 Å². The van der Waals surface area contributed by atoms with Gasteiger partial charge in [0.2, 0.25) is 5.91 Å². The van der Waals surface area contributed by atoms with Crippen LogP contribution in [-0.4, -0.2) is 11.0 Å². The first-order valence-electron chi connectivity index (χ1n) is 7.02. The third kappa shape index (κ3) is 6.09. The van der Waals surface area contributed by atoms with E-state index in [-0.39, 0.29) is 16.7 Å². The molecule has 0 bridgehead atoms. The van der Waals surface area contributed by atoms with Crippen LogP contribution in [0.3, 0.4) is 0 Å². The number of carbonyl (C=O) groups is 1. The molecular weight excluding hydrogens is 250 g/mol. The highest BCUT2D eigenvalue weighted by molar-refractivity contribution is 5.73. The van der Waals surface area contributed by atoms with Gasteiger partial charge in [0.05, 0.1) is 0 Å². The molecule has 0 aromatic heterocycles. The first kappa shape index (κ1) is 18.5. The van der Waals surface area contributed by atoms with Gasteiger partial charge in [-0.1, -0.05) is 54.5 Å². The number of phenols is 1. The van der Waals surface area contributed by atoms with Gasteiger partial charge in [0.15, 0.2) is 0 Å². The van der Waals surface area contributed by atoms with Crippen LogP contribution in [-0.2, 0) is 15.6 Å². The average Bonchev–Trinajstić information content (AvgIpc) is 2.26. The molecule has 0 aliphatic heterocycles. The molecule has 1 rings (SSSR count). The zero-order valence-electron chi connectivity index (χ0n) is 13.9. The Morgan fingerprint density at radius 2 is 1.45 bits per heavy atom. The van der Waals surface area contributed by atoms with E-state index in [0.717, 1.165) is 0 Å². The van der Waals surface area contributed by atoms with Crippen LogP contribution in [0.2, 0.25) is 0 Å². The highest BCUT2D eigenvalue weighted by atomic mass is 16.3. The molecule has 3 heteroatoms. The molecule has 0 saturated carbocycles. The maximum absolute atomic E-state index is 9.59. The SMILES string of the molecule is CC(C)(C)c1ccc(O)cc1C(C)(C)C.CCC(N)=O. The number of carbonyl (C=O) groups excluding carboxylic acids is 1. The van der Waals surface area contributed by atoms with Crippen molar-refractivity contribution in [1.29, 1.82) is 0 Å². The molecule has 20 heavy (non-hydrogen) atoms. The smallest absolute Gasteiger partial charge is 0.217 e. The van der Waals surface area contributed by atoms with Crippen molar-refractivity contribution in [2.75, 3.05) is 0 Å². The number of primary amides is 1. The van der Waals surface area contributed by atoms with Gasteiger partial charge < -0.3 is 10.8 Å².